The number of amides is 4. The number of carbonyl (C=O) groups is 4. The standard InChI is InChI=1S/C39H45N5O8S/c1-24-34(53-23-42-24)26-7-5-25(6-8-26)20-41-37(48)32-19-28(45)21-44(32)38(49)35(39(2,3)4)43-33(46)22-50-17-18-51-29-13-15-31(16-14-29)52-30-11-9-27(10-12-30)36(40)47/h5-16,23,28,32,35,45H,17-22H2,1-4H3,(H2,40,47)(H,41,48)(H,43,46)/t28-,32+,35-/m1/s1. The Morgan fingerprint density at radius 2 is 1.60 bits per heavy atom. The molecule has 0 radical (unpaired) electrons. The number of thiazole rings is 1. The van der Waals surface area contributed by atoms with Gasteiger partial charge in [-0.05, 0) is 72.0 Å². The summed E-state index contributed by atoms with van der Waals surface area (Å²) in [4.78, 5) is 58.1. The Morgan fingerprint density at radius 1 is 0.962 bits per heavy atom. The van der Waals surface area contributed by atoms with Gasteiger partial charge in [-0.25, -0.2) is 4.98 Å². The van der Waals surface area contributed by atoms with Crippen molar-refractivity contribution in [3.05, 3.63) is 95.1 Å². The van der Waals surface area contributed by atoms with Crippen LogP contribution in [0.25, 0.3) is 10.4 Å². The van der Waals surface area contributed by atoms with E-state index in [4.69, 9.17) is 19.9 Å². The zero-order chi connectivity index (χ0) is 38.1. The Labute approximate surface area is 312 Å². The summed E-state index contributed by atoms with van der Waals surface area (Å²) in [6.07, 6.45) is -0.779. The van der Waals surface area contributed by atoms with Gasteiger partial charge in [0.15, 0.2) is 0 Å². The first-order valence-electron chi connectivity index (χ1n) is 17.2. The van der Waals surface area contributed by atoms with E-state index in [0.717, 1.165) is 21.7 Å². The van der Waals surface area contributed by atoms with Crippen LogP contribution in [-0.2, 0) is 25.7 Å². The van der Waals surface area contributed by atoms with Crippen molar-refractivity contribution in [1.29, 1.82) is 0 Å². The summed E-state index contributed by atoms with van der Waals surface area (Å²) < 4.78 is 17.0. The minimum absolute atomic E-state index is 0.0206. The van der Waals surface area contributed by atoms with Gasteiger partial charge in [-0.3, -0.25) is 19.2 Å². The van der Waals surface area contributed by atoms with Crippen molar-refractivity contribution in [3.63, 3.8) is 0 Å². The van der Waals surface area contributed by atoms with Crippen LogP contribution in [0.3, 0.4) is 0 Å². The fraction of sp³-hybridized carbons (Fsp3) is 0.359. The van der Waals surface area contributed by atoms with Crippen LogP contribution in [-0.4, -0.2) is 83.2 Å². The number of nitrogens with zero attached hydrogens (tertiary/aromatic N) is 2. The average molecular weight is 744 g/mol. The number of aliphatic hydroxyl groups is 1. The minimum Gasteiger partial charge on any atom is -0.491 e. The van der Waals surface area contributed by atoms with E-state index < -0.39 is 41.3 Å². The molecule has 4 amide bonds. The molecule has 14 heteroatoms. The second-order valence-electron chi connectivity index (χ2n) is 13.8. The molecule has 1 fully saturated rings. The van der Waals surface area contributed by atoms with Crippen molar-refractivity contribution in [3.8, 4) is 27.7 Å². The SMILES string of the molecule is Cc1ncsc1-c1ccc(CNC(=O)[C@@H]2C[C@@H](O)CN2C(=O)[C@@H](NC(=O)COCCOc2ccc(Oc3ccc(C(N)=O)cc3)cc2)C(C)(C)C)cc1. The van der Waals surface area contributed by atoms with Crippen molar-refractivity contribution >= 4 is 35.0 Å². The Hall–Kier alpha value is -5.31. The monoisotopic (exact) mass is 743 g/mol. The van der Waals surface area contributed by atoms with Gasteiger partial charge in [0.05, 0.1) is 28.8 Å². The normalized spacial score (nSPS) is 16.1. The van der Waals surface area contributed by atoms with Gasteiger partial charge in [-0.1, -0.05) is 45.0 Å². The van der Waals surface area contributed by atoms with Gasteiger partial charge in [0.1, 0.15) is 42.5 Å². The summed E-state index contributed by atoms with van der Waals surface area (Å²) in [5.41, 5.74) is 9.66. The van der Waals surface area contributed by atoms with Gasteiger partial charge in [0.2, 0.25) is 23.6 Å². The number of aromatic nitrogens is 1. The molecule has 53 heavy (non-hydrogen) atoms. The molecular formula is C39H45N5O8S. The lowest BCUT2D eigenvalue weighted by Crippen LogP contribution is -2.58. The first-order chi connectivity index (χ1) is 25.3. The molecule has 5 rings (SSSR count). The molecule has 1 aliphatic heterocycles. The van der Waals surface area contributed by atoms with Crippen LogP contribution >= 0.6 is 11.3 Å². The Morgan fingerprint density at radius 3 is 2.21 bits per heavy atom. The molecule has 13 nitrogen and oxygen atoms in total. The van der Waals surface area contributed by atoms with E-state index in [-0.39, 0.29) is 45.2 Å². The molecular weight excluding hydrogens is 699 g/mol. The van der Waals surface area contributed by atoms with Gasteiger partial charge in [-0.2, -0.15) is 0 Å². The number of aliphatic hydroxyl groups excluding tert-OH is 1. The van der Waals surface area contributed by atoms with Crippen LogP contribution in [0.1, 0.15) is 48.8 Å². The topological polar surface area (TPSA) is 182 Å². The summed E-state index contributed by atoms with van der Waals surface area (Å²) in [5, 5.41) is 16.2. The Kier molecular flexibility index (Phi) is 12.8. The summed E-state index contributed by atoms with van der Waals surface area (Å²) in [6.45, 7) is 7.63. The second kappa shape index (κ2) is 17.5. The zero-order valence-electron chi connectivity index (χ0n) is 30.2. The van der Waals surface area contributed by atoms with Gasteiger partial charge < -0.3 is 40.6 Å². The van der Waals surface area contributed by atoms with Gasteiger partial charge >= 0.3 is 0 Å². The van der Waals surface area contributed by atoms with Crippen LogP contribution in [0.15, 0.2) is 78.3 Å². The number of nitrogens with one attached hydrogen (secondary N) is 2. The Balaban J connectivity index is 1.07. The van der Waals surface area contributed by atoms with E-state index in [2.05, 4.69) is 15.6 Å². The number of benzene rings is 3. The first kappa shape index (κ1) is 38.9. The maximum absolute atomic E-state index is 13.9. The molecule has 1 aliphatic rings. The molecule has 3 aromatic carbocycles. The number of β-amino-alcohol motifs (C(OH)–C–C–N with tert-alkyl or cyclic N) is 1. The van der Waals surface area contributed by atoms with Gasteiger partial charge in [0.25, 0.3) is 0 Å². The molecule has 0 unspecified atom stereocenters. The third-order valence-electron chi connectivity index (χ3n) is 8.64. The molecule has 3 atom stereocenters. The number of nitrogens with two attached hydrogens (primary N) is 1. The van der Waals surface area contributed by atoms with E-state index in [1.54, 1.807) is 59.9 Å². The van der Waals surface area contributed by atoms with Gasteiger partial charge in [-0.15, -0.1) is 11.3 Å². The average Bonchev–Trinajstić information content (AvgIpc) is 3.75. The molecule has 280 valence electrons. The molecule has 5 N–H and O–H groups in total. The predicted molar refractivity (Wildman–Crippen MR) is 199 cm³/mol. The minimum atomic E-state index is -0.972. The van der Waals surface area contributed by atoms with Crippen molar-refractivity contribution in [2.75, 3.05) is 26.4 Å². The fourth-order valence-corrected chi connectivity index (χ4v) is 6.61. The number of likely N-dealkylation sites (tertiary alicyclic amines) is 1. The van der Waals surface area contributed by atoms with Crippen molar-refractivity contribution in [2.45, 2.75) is 58.8 Å². The summed E-state index contributed by atoms with van der Waals surface area (Å²) >= 11 is 1.57. The number of primary amides is 1. The predicted octanol–water partition coefficient (Wildman–Crippen LogP) is 4.21. The highest BCUT2D eigenvalue weighted by Gasteiger charge is 2.44. The van der Waals surface area contributed by atoms with Crippen LogP contribution in [0.5, 0.6) is 17.2 Å². The van der Waals surface area contributed by atoms with E-state index in [0.29, 0.717) is 22.8 Å². The molecule has 0 aliphatic carbocycles. The van der Waals surface area contributed by atoms with Crippen molar-refractivity contribution in [2.24, 2.45) is 11.1 Å². The highest BCUT2D eigenvalue weighted by molar-refractivity contribution is 7.13. The molecule has 0 saturated carbocycles. The summed E-state index contributed by atoms with van der Waals surface area (Å²) in [6, 6.07) is 19.4. The van der Waals surface area contributed by atoms with Crippen molar-refractivity contribution in [1.82, 2.24) is 20.5 Å². The maximum Gasteiger partial charge on any atom is 0.248 e. The Bertz CT molecular complexity index is 1870. The second-order valence-corrected chi connectivity index (χ2v) is 14.7. The van der Waals surface area contributed by atoms with Crippen LogP contribution in [0.2, 0.25) is 0 Å². The van der Waals surface area contributed by atoms with Crippen LogP contribution < -0.4 is 25.8 Å². The molecule has 4 aromatic rings. The smallest absolute Gasteiger partial charge is 0.248 e. The number of carbonyl (C=O) groups excluding carboxylic acids is 4. The largest absolute Gasteiger partial charge is 0.491 e. The van der Waals surface area contributed by atoms with Crippen molar-refractivity contribution < 1.29 is 38.5 Å². The number of ether oxygens (including phenoxy) is 3. The summed E-state index contributed by atoms with van der Waals surface area (Å²) in [7, 11) is 0. The van der Waals surface area contributed by atoms with E-state index >= 15 is 0 Å². The molecule has 0 spiro atoms. The van der Waals surface area contributed by atoms with Crippen LogP contribution in [0.4, 0.5) is 0 Å². The highest BCUT2D eigenvalue weighted by atomic mass is 32.1. The molecule has 1 saturated heterocycles. The van der Waals surface area contributed by atoms with E-state index in [1.165, 1.54) is 4.90 Å². The van der Waals surface area contributed by atoms with E-state index in [9.17, 15) is 24.3 Å². The third kappa shape index (κ3) is 10.6. The highest BCUT2D eigenvalue weighted by Crippen LogP contribution is 2.29. The third-order valence-corrected chi connectivity index (χ3v) is 9.62. The lowest BCUT2D eigenvalue weighted by atomic mass is 9.85. The van der Waals surface area contributed by atoms with Crippen LogP contribution in [0, 0.1) is 12.3 Å². The van der Waals surface area contributed by atoms with E-state index in [1.807, 2.05) is 57.5 Å². The zero-order valence-corrected chi connectivity index (χ0v) is 31.0. The fourth-order valence-electron chi connectivity index (χ4n) is 5.79. The summed E-state index contributed by atoms with van der Waals surface area (Å²) in [5.74, 6) is -0.159. The maximum atomic E-state index is 13.9. The number of aryl methyl sites for hydroxylation is 1. The number of hydrogen-bond acceptors (Lipinski definition) is 10. The quantitative estimate of drug-likeness (QED) is 0.130. The van der Waals surface area contributed by atoms with Gasteiger partial charge in [0, 0.05) is 25.1 Å². The molecule has 1 aromatic heterocycles. The number of rotatable bonds is 15. The lowest BCUT2D eigenvalue weighted by Gasteiger charge is -2.35. The lowest BCUT2D eigenvalue weighted by molar-refractivity contribution is -0.144. The first-order valence-corrected chi connectivity index (χ1v) is 18.1. The number of hydrogen-bond donors (Lipinski definition) is 4. The molecule has 0 bridgehead atoms. The molecule has 2 heterocycles.